The number of nitrogens with one attached hydrogen (secondary N) is 1. The Kier molecular flexibility index (Phi) is 4.89. The number of amides is 1. The van der Waals surface area contributed by atoms with Gasteiger partial charge in [-0.1, -0.05) is 0 Å². The predicted octanol–water partition coefficient (Wildman–Crippen LogP) is 3.64. The van der Waals surface area contributed by atoms with Crippen LogP contribution in [0.5, 0.6) is 0 Å². The van der Waals surface area contributed by atoms with Gasteiger partial charge >= 0.3 is 11.5 Å². The van der Waals surface area contributed by atoms with E-state index in [9.17, 15) is 22.8 Å². The summed E-state index contributed by atoms with van der Waals surface area (Å²) in [5.74, 6) is -2.07. The van der Waals surface area contributed by atoms with E-state index in [2.05, 4.69) is 10.3 Å². The molecule has 0 aliphatic carbocycles. The first-order chi connectivity index (χ1) is 10.8. The molecule has 5 nitrogen and oxygen atoms in total. The molecule has 0 saturated heterocycles. The van der Waals surface area contributed by atoms with Gasteiger partial charge in [-0.2, -0.15) is 13.2 Å². The van der Waals surface area contributed by atoms with Gasteiger partial charge < -0.3 is 10.4 Å². The topological polar surface area (TPSA) is 79.3 Å². The molecule has 2 rings (SSSR count). The minimum atomic E-state index is -4.41. The Balaban J connectivity index is 2.14. The number of carboxylic acids is 1. The van der Waals surface area contributed by atoms with E-state index in [1.807, 2.05) is 0 Å². The number of alkyl halides is 3. The molecule has 9 heteroatoms. The van der Waals surface area contributed by atoms with Gasteiger partial charge in [0.1, 0.15) is 11.4 Å². The quantitative estimate of drug-likeness (QED) is 0.829. The molecule has 0 fully saturated rings. The molecule has 1 aromatic carbocycles. The maximum absolute atomic E-state index is 12.2. The van der Waals surface area contributed by atoms with Crippen LogP contribution in [0.4, 0.5) is 19.0 Å². The lowest BCUT2D eigenvalue weighted by Crippen LogP contribution is -2.16. The van der Waals surface area contributed by atoms with Crippen LogP contribution in [0.15, 0.2) is 47.5 Å². The first-order valence-corrected chi connectivity index (χ1v) is 6.93. The number of halogens is 3. The number of carbonyl (C=O) groups excluding carboxylic acids is 1. The number of thioether (sulfide) groups is 1. The summed E-state index contributed by atoms with van der Waals surface area (Å²) in [7, 11) is 0. The van der Waals surface area contributed by atoms with Crippen LogP contribution in [-0.4, -0.2) is 27.5 Å². The third-order valence-corrected chi connectivity index (χ3v) is 3.36. The highest BCUT2D eigenvalue weighted by Crippen LogP contribution is 2.36. The van der Waals surface area contributed by atoms with Crippen molar-refractivity contribution in [1.29, 1.82) is 0 Å². The molecule has 0 unspecified atom stereocenters. The standard InChI is InChI=1S/C14H9F3N2O3S/c15-14(16,17)23-9-5-3-8(4-6-9)12(20)19-11-10(13(21)22)2-1-7-18-11/h1-7H,(H,21,22)(H,18,19,20). The summed E-state index contributed by atoms with van der Waals surface area (Å²) in [4.78, 5) is 26.7. The number of hydrogen-bond acceptors (Lipinski definition) is 4. The highest BCUT2D eigenvalue weighted by molar-refractivity contribution is 8.00. The van der Waals surface area contributed by atoms with Crippen LogP contribution in [-0.2, 0) is 0 Å². The van der Waals surface area contributed by atoms with E-state index in [0.29, 0.717) is 0 Å². The van der Waals surface area contributed by atoms with E-state index in [0.717, 1.165) is 12.1 Å². The van der Waals surface area contributed by atoms with Gasteiger partial charge in [-0.3, -0.25) is 4.79 Å². The fourth-order valence-electron chi connectivity index (χ4n) is 1.67. The van der Waals surface area contributed by atoms with Crippen LogP contribution in [0.3, 0.4) is 0 Å². The largest absolute Gasteiger partial charge is 0.478 e. The Morgan fingerprint density at radius 3 is 2.35 bits per heavy atom. The van der Waals surface area contributed by atoms with Crippen molar-refractivity contribution >= 4 is 29.5 Å². The number of carboxylic acid groups (broad SMARTS) is 1. The van der Waals surface area contributed by atoms with Gasteiger partial charge in [-0.05, 0) is 48.2 Å². The summed E-state index contributed by atoms with van der Waals surface area (Å²) < 4.78 is 36.7. The average Bonchev–Trinajstić information content (AvgIpc) is 2.46. The number of benzene rings is 1. The van der Waals surface area contributed by atoms with E-state index in [-0.39, 0.29) is 33.6 Å². The zero-order valence-corrected chi connectivity index (χ0v) is 12.1. The first kappa shape index (κ1) is 16.8. The molecule has 23 heavy (non-hydrogen) atoms. The lowest BCUT2D eigenvalue weighted by molar-refractivity contribution is -0.0328. The molecule has 2 aromatic rings. The van der Waals surface area contributed by atoms with Gasteiger partial charge in [0, 0.05) is 16.7 Å². The second kappa shape index (κ2) is 6.69. The lowest BCUT2D eigenvalue weighted by Gasteiger charge is -2.08. The number of pyridine rings is 1. The molecule has 0 spiro atoms. The number of carbonyl (C=O) groups is 2. The maximum Gasteiger partial charge on any atom is 0.446 e. The number of anilines is 1. The highest BCUT2D eigenvalue weighted by atomic mass is 32.2. The summed E-state index contributed by atoms with van der Waals surface area (Å²) in [6.45, 7) is 0. The van der Waals surface area contributed by atoms with Crippen molar-refractivity contribution in [1.82, 2.24) is 4.98 Å². The molecule has 120 valence electrons. The molecule has 0 aliphatic heterocycles. The molecule has 0 bridgehead atoms. The highest BCUT2D eigenvalue weighted by Gasteiger charge is 2.29. The Morgan fingerprint density at radius 1 is 1.13 bits per heavy atom. The van der Waals surface area contributed by atoms with E-state index >= 15 is 0 Å². The molecule has 1 amide bonds. The summed E-state index contributed by atoms with van der Waals surface area (Å²) in [6.07, 6.45) is 1.31. The Hall–Kier alpha value is -2.55. The molecule has 1 heterocycles. The summed E-state index contributed by atoms with van der Waals surface area (Å²) >= 11 is -0.290. The minimum absolute atomic E-state index is 0.0573. The number of aromatic nitrogens is 1. The SMILES string of the molecule is O=C(Nc1ncccc1C(=O)O)c1ccc(SC(F)(F)F)cc1. The van der Waals surface area contributed by atoms with Crippen molar-refractivity contribution in [3.8, 4) is 0 Å². The monoisotopic (exact) mass is 342 g/mol. The van der Waals surface area contributed by atoms with E-state index < -0.39 is 17.4 Å². The average molecular weight is 342 g/mol. The van der Waals surface area contributed by atoms with Crippen LogP contribution in [0.1, 0.15) is 20.7 Å². The number of aromatic carboxylic acids is 1. The van der Waals surface area contributed by atoms with Crippen molar-refractivity contribution in [3.05, 3.63) is 53.7 Å². The van der Waals surface area contributed by atoms with Gasteiger partial charge in [-0.25, -0.2) is 9.78 Å². The minimum Gasteiger partial charge on any atom is -0.478 e. The van der Waals surface area contributed by atoms with Crippen molar-refractivity contribution in [2.45, 2.75) is 10.4 Å². The number of hydrogen-bond donors (Lipinski definition) is 2. The van der Waals surface area contributed by atoms with Crippen molar-refractivity contribution < 1.29 is 27.9 Å². The van der Waals surface area contributed by atoms with Crippen LogP contribution >= 0.6 is 11.8 Å². The number of nitrogens with zero attached hydrogens (tertiary/aromatic N) is 1. The van der Waals surface area contributed by atoms with Gasteiger partial charge in [-0.15, -0.1) is 0 Å². The fourth-order valence-corrected chi connectivity index (χ4v) is 2.20. The van der Waals surface area contributed by atoms with E-state index in [4.69, 9.17) is 5.11 Å². The molecule has 0 atom stereocenters. The van der Waals surface area contributed by atoms with Crippen molar-refractivity contribution in [3.63, 3.8) is 0 Å². The van der Waals surface area contributed by atoms with E-state index in [1.54, 1.807) is 0 Å². The first-order valence-electron chi connectivity index (χ1n) is 6.12. The van der Waals surface area contributed by atoms with Crippen LogP contribution < -0.4 is 5.32 Å². The number of rotatable bonds is 4. The lowest BCUT2D eigenvalue weighted by atomic mass is 10.2. The van der Waals surface area contributed by atoms with E-state index in [1.165, 1.54) is 30.5 Å². The molecular formula is C14H9F3N2O3S. The van der Waals surface area contributed by atoms with Crippen LogP contribution in [0, 0.1) is 0 Å². The fraction of sp³-hybridized carbons (Fsp3) is 0.0714. The van der Waals surface area contributed by atoms with Gasteiger partial charge in [0.15, 0.2) is 0 Å². The zero-order valence-electron chi connectivity index (χ0n) is 11.3. The van der Waals surface area contributed by atoms with Crippen molar-refractivity contribution in [2.24, 2.45) is 0 Å². The molecule has 0 radical (unpaired) electrons. The van der Waals surface area contributed by atoms with Gasteiger partial charge in [0.2, 0.25) is 0 Å². The molecular weight excluding hydrogens is 333 g/mol. The molecule has 0 saturated carbocycles. The van der Waals surface area contributed by atoms with Gasteiger partial charge in [0.05, 0.1) is 0 Å². The normalized spacial score (nSPS) is 11.1. The Morgan fingerprint density at radius 2 is 1.78 bits per heavy atom. The third-order valence-electron chi connectivity index (χ3n) is 2.62. The zero-order chi connectivity index (χ0) is 17.0. The van der Waals surface area contributed by atoms with Crippen LogP contribution in [0.2, 0.25) is 0 Å². The summed E-state index contributed by atoms with van der Waals surface area (Å²) in [5.41, 5.74) is -4.52. The maximum atomic E-state index is 12.2. The Bertz CT molecular complexity index is 733. The summed E-state index contributed by atoms with van der Waals surface area (Å²) in [6, 6.07) is 7.42. The van der Waals surface area contributed by atoms with Crippen LogP contribution in [0.25, 0.3) is 0 Å². The smallest absolute Gasteiger partial charge is 0.446 e. The molecule has 1 aromatic heterocycles. The Labute approximate surface area is 132 Å². The predicted molar refractivity (Wildman–Crippen MR) is 77.5 cm³/mol. The van der Waals surface area contributed by atoms with Gasteiger partial charge in [0.25, 0.3) is 5.91 Å². The summed E-state index contributed by atoms with van der Waals surface area (Å²) in [5, 5.41) is 11.3. The second-order valence-corrected chi connectivity index (χ2v) is 5.37. The molecule has 0 aliphatic rings. The molecule has 2 N–H and O–H groups in total. The second-order valence-electron chi connectivity index (χ2n) is 4.23. The van der Waals surface area contributed by atoms with Crippen molar-refractivity contribution in [2.75, 3.05) is 5.32 Å². The third kappa shape index (κ3) is 4.71.